The average molecular weight is 691 g/mol. The summed E-state index contributed by atoms with van der Waals surface area (Å²) in [5.74, 6) is -4.92. The SMILES string of the molecule is COc1cc(-c2cc(OC)c(O)cc2C(=O)C(=O)c2cc(OC)c(OC)c(OC)c2)c(C(=O)C(=O)c2cc(OC)c(OC)c(OC)c2)cc1O. The maximum atomic E-state index is 14.0. The van der Waals surface area contributed by atoms with E-state index in [2.05, 4.69) is 0 Å². The van der Waals surface area contributed by atoms with Crippen molar-refractivity contribution in [1.29, 1.82) is 0 Å². The Balaban J connectivity index is 1.96. The molecule has 14 nitrogen and oxygen atoms in total. The first-order valence-corrected chi connectivity index (χ1v) is 14.5. The highest BCUT2D eigenvalue weighted by Crippen LogP contribution is 2.43. The Morgan fingerprint density at radius 2 is 0.660 bits per heavy atom. The summed E-state index contributed by atoms with van der Waals surface area (Å²) in [4.78, 5) is 55.6. The molecule has 0 amide bonds. The predicted octanol–water partition coefficient (Wildman–Crippen LogP) is 4.96. The van der Waals surface area contributed by atoms with Crippen LogP contribution in [0.25, 0.3) is 11.1 Å². The van der Waals surface area contributed by atoms with Gasteiger partial charge in [0.1, 0.15) is 0 Å². The number of rotatable bonds is 15. The van der Waals surface area contributed by atoms with E-state index in [1.165, 1.54) is 93.3 Å². The maximum Gasteiger partial charge on any atom is 0.234 e. The normalized spacial score (nSPS) is 10.5. The van der Waals surface area contributed by atoms with E-state index in [1.807, 2.05) is 0 Å². The Hall–Kier alpha value is -6.44. The van der Waals surface area contributed by atoms with E-state index in [0.29, 0.717) is 0 Å². The first kappa shape index (κ1) is 36.4. The highest BCUT2D eigenvalue weighted by molar-refractivity contribution is 6.52. The number of Topliss-reactive ketones (excluding diaryl/α,β-unsaturated/α-hetero) is 4. The summed E-state index contributed by atoms with van der Waals surface area (Å²) in [6.45, 7) is 0. The van der Waals surface area contributed by atoms with Crippen molar-refractivity contribution < 1.29 is 67.3 Å². The molecule has 0 spiro atoms. The van der Waals surface area contributed by atoms with Crippen LogP contribution in [0.1, 0.15) is 41.4 Å². The van der Waals surface area contributed by atoms with E-state index in [9.17, 15) is 29.4 Å². The van der Waals surface area contributed by atoms with Crippen molar-refractivity contribution in [3.63, 3.8) is 0 Å². The molecule has 0 radical (unpaired) electrons. The molecule has 0 saturated heterocycles. The monoisotopic (exact) mass is 690 g/mol. The van der Waals surface area contributed by atoms with Crippen LogP contribution in [0.4, 0.5) is 0 Å². The maximum absolute atomic E-state index is 14.0. The number of aromatic hydroxyl groups is 2. The Bertz CT molecular complexity index is 1800. The molecule has 0 aliphatic rings. The number of carbonyl (C=O) groups excluding carboxylic acids is 4. The molecule has 0 aromatic heterocycles. The van der Waals surface area contributed by atoms with Crippen molar-refractivity contribution in [2.75, 3.05) is 56.9 Å². The van der Waals surface area contributed by atoms with Gasteiger partial charge in [-0.05, 0) is 59.7 Å². The molecular weight excluding hydrogens is 656 g/mol. The van der Waals surface area contributed by atoms with E-state index >= 15 is 0 Å². The first-order chi connectivity index (χ1) is 23.9. The van der Waals surface area contributed by atoms with Crippen molar-refractivity contribution >= 4 is 23.1 Å². The van der Waals surface area contributed by atoms with Crippen molar-refractivity contribution in [3.8, 4) is 68.6 Å². The standard InChI is InChI=1S/C36H34O14/c1-43-25-15-19(21(13-23(25)37)33(41)31(39)17-9-27(45-3)35(49-7)28(10-17)46-4)20-16-26(44-2)24(38)14-22(20)34(42)32(40)18-11-29(47-5)36(50-8)30(12-18)48-6/h9-16,37-38H,1-8H3. The molecule has 0 aliphatic heterocycles. The van der Waals surface area contributed by atoms with Gasteiger partial charge in [-0.2, -0.15) is 0 Å². The third-order valence-corrected chi connectivity index (χ3v) is 7.68. The summed E-state index contributed by atoms with van der Waals surface area (Å²) in [7, 11) is 10.6. The zero-order chi connectivity index (χ0) is 36.9. The number of phenols is 2. The van der Waals surface area contributed by atoms with Gasteiger partial charge in [0.2, 0.25) is 34.6 Å². The van der Waals surface area contributed by atoms with Crippen molar-refractivity contribution in [2.24, 2.45) is 0 Å². The minimum Gasteiger partial charge on any atom is -0.504 e. The lowest BCUT2D eigenvalue weighted by atomic mass is 9.87. The van der Waals surface area contributed by atoms with E-state index in [4.69, 9.17) is 37.9 Å². The number of phenolic OH excluding ortho intramolecular Hbond substituents is 2. The van der Waals surface area contributed by atoms with E-state index in [1.54, 1.807) is 0 Å². The molecule has 4 aromatic rings. The summed E-state index contributed by atoms with van der Waals surface area (Å²) >= 11 is 0. The van der Waals surface area contributed by atoms with E-state index in [-0.39, 0.29) is 79.4 Å². The minimum absolute atomic E-state index is 0.0993. The number of hydrogen-bond donors (Lipinski definition) is 2. The van der Waals surface area contributed by atoms with Gasteiger partial charge in [0, 0.05) is 22.3 Å². The lowest BCUT2D eigenvalue weighted by molar-refractivity contribution is 0.0815. The van der Waals surface area contributed by atoms with Crippen LogP contribution in [0.15, 0.2) is 48.5 Å². The van der Waals surface area contributed by atoms with Crippen molar-refractivity contribution in [3.05, 3.63) is 70.8 Å². The molecule has 0 unspecified atom stereocenters. The van der Waals surface area contributed by atoms with Gasteiger partial charge in [-0.25, -0.2) is 0 Å². The zero-order valence-electron chi connectivity index (χ0n) is 28.4. The third-order valence-electron chi connectivity index (χ3n) is 7.68. The fourth-order valence-corrected chi connectivity index (χ4v) is 5.22. The molecule has 14 heteroatoms. The molecule has 0 aliphatic carbocycles. The summed E-state index contributed by atoms with van der Waals surface area (Å²) in [5, 5.41) is 21.5. The Morgan fingerprint density at radius 1 is 0.380 bits per heavy atom. The summed E-state index contributed by atoms with van der Waals surface area (Å²) in [6, 6.07) is 9.49. The predicted molar refractivity (Wildman–Crippen MR) is 178 cm³/mol. The Labute approximate surface area is 286 Å². The summed E-state index contributed by atoms with van der Waals surface area (Å²) in [5.41, 5.74) is -1.31. The lowest BCUT2D eigenvalue weighted by Gasteiger charge is -2.18. The minimum atomic E-state index is -1.13. The van der Waals surface area contributed by atoms with Gasteiger partial charge in [-0.1, -0.05) is 0 Å². The quantitative estimate of drug-likeness (QED) is 0.126. The van der Waals surface area contributed by atoms with Gasteiger partial charge in [0.15, 0.2) is 46.0 Å². The van der Waals surface area contributed by atoms with Gasteiger partial charge in [-0.15, -0.1) is 0 Å². The zero-order valence-corrected chi connectivity index (χ0v) is 28.4. The molecule has 0 bridgehead atoms. The molecule has 50 heavy (non-hydrogen) atoms. The van der Waals surface area contributed by atoms with Crippen molar-refractivity contribution in [1.82, 2.24) is 0 Å². The molecule has 4 aromatic carbocycles. The first-order valence-electron chi connectivity index (χ1n) is 14.5. The number of benzene rings is 4. The average Bonchev–Trinajstić information content (AvgIpc) is 3.14. The Morgan fingerprint density at radius 3 is 0.900 bits per heavy atom. The van der Waals surface area contributed by atoms with Crippen LogP contribution in [0.5, 0.6) is 57.5 Å². The highest BCUT2D eigenvalue weighted by atomic mass is 16.5. The topological polar surface area (TPSA) is 183 Å². The molecule has 0 heterocycles. The molecule has 4 rings (SSSR count). The third kappa shape index (κ3) is 6.63. The highest BCUT2D eigenvalue weighted by Gasteiger charge is 2.31. The van der Waals surface area contributed by atoms with Crippen LogP contribution in [0.3, 0.4) is 0 Å². The lowest BCUT2D eigenvalue weighted by Crippen LogP contribution is -2.18. The van der Waals surface area contributed by atoms with E-state index in [0.717, 1.165) is 12.1 Å². The number of methoxy groups -OCH3 is 8. The van der Waals surface area contributed by atoms with Crippen LogP contribution < -0.4 is 37.9 Å². The van der Waals surface area contributed by atoms with Crippen molar-refractivity contribution in [2.45, 2.75) is 0 Å². The van der Waals surface area contributed by atoms with Crippen LogP contribution >= 0.6 is 0 Å². The number of ether oxygens (including phenoxy) is 8. The largest absolute Gasteiger partial charge is 0.504 e. The second kappa shape index (κ2) is 15.2. The fourth-order valence-electron chi connectivity index (χ4n) is 5.22. The molecule has 0 fully saturated rings. The summed E-state index contributed by atoms with van der Waals surface area (Å²) in [6.07, 6.45) is 0. The van der Waals surface area contributed by atoms with Gasteiger partial charge in [-0.3, -0.25) is 19.2 Å². The van der Waals surface area contributed by atoms with Crippen LogP contribution in [-0.2, 0) is 0 Å². The van der Waals surface area contributed by atoms with Crippen LogP contribution in [0, 0.1) is 0 Å². The van der Waals surface area contributed by atoms with Gasteiger partial charge in [0.05, 0.1) is 56.9 Å². The molecule has 0 saturated carbocycles. The second-order valence-corrected chi connectivity index (χ2v) is 10.3. The molecular formula is C36H34O14. The molecule has 0 atom stereocenters. The van der Waals surface area contributed by atoms with E-state index < -0.39 is 34.6 Å². The number of carbonyl (C=O) groups is 4. The fraction of sp³-hybridized carbons (Fsp3) is 0.222. The number of ketones is 4. The summed E-state index contributed by atoms with van der Waals surface area (Å²) < 4.78 is 42.5. The smallest absolute Gasteiger partial charge is 0.234 e. The molecule has 262 valence electrons. The molecule has 2 N–H and O–H groups in total. The second-order valence-electron chi connectivity index (χ2n) is 10.3. The van der Waals surface area contributed by atoms with Gasteiger partial charge in [0.25, 0.3) is 0 Å². The van der Waals surface area contributed by atoms with Crippen LogP contribution in [0.2, 0.25) is 0 Å². The van der Waals surface area contributed by atoms with Gasteiger partial charge >= 0.3 is 0 Å². The Kier molecular flexibility index (Phi) is 11.1. The van der Waals surface area contributed by atoms with Crippen LogP contribution in [-0.4, -0.2) is 90.2 Å². The number of hydrogen-bond acceptors (Lipinski definition) is 14. The van der Waals surface area contributed by atoms with Gasteiger partial charge < -0.3 is 48.1 Å².